The summed E-state index contributed by atoms with van der Waals surface area (Å²) in [5.41, 5.74) is 1.47. The van der Waals surface area contributed by atoms with Crippen molar-refractivity contribution in [1.29, 1.82) is 0 Å². The van der Waals surface area contributed by atoms with E-state index >= 15 is 0 Å². The van der Waals surface area contributed by atoms with Gasteiger partial charge < -0.3 is 10.2 Å². The summed E-state index contributed by atoms with van der Waals surface area (Å²) in [5.74, 6) is 0. The van der Waals surface area contributed by atoms with Crippen LogP contribution in [-0.2, 0) is 0 Å². The minimum absolute atomic E-state index is 0.177. The molecule has 19 heavy (non-hydrogen) atoms. The highest BCUT2D eigenvalue weighted by molar-refractivity contribution is 8.00. The van der Waals surface area contributed by atoms with Crippen LogP contribution in [0.1, 0.15) is 13.8 Å². The molecule has 1 fully saturated rings. The Kier molecular flexibility index (Phi) is 4.19. The Bertz CT molecular complexity index is 471. The Balaban J connectivity index is 2.41. The summed E-state index contributed by atoms with van der Waals surface area (Å²) >= 11 is 1.94. The summed E-state index contributed by atoms with van der Waals surface area (Å²) in [6, 6.07) is 5.45. The Morgan fingerprint density at radius 3 is 2.53 bits per heavy atom. The zero-order valence-corrected chi connectivity index (χ0v) is 12.2. The normalized spacial score (nSPS) is 23.2. The SMILES string of the molecule is CNc1cccc(N2CC(C)SC(C)C2)c1[N+](=O)[O-]. The molecule has 0 aromatic heterocycles. The van der Waals surface area contributed by atoms with E-state index < -0.39 is 0 Å². The van der Waals surface area contributed by atoms with Crippen LogP contribution in [-0.4, -0.2) is 35.6 Å². The topological polar surface area (TPSA) is 58.4 Å². The molecule has 2 atom stereocenters. The molecule has 1 N–H and O–H groups in total. The predicted octanol–water partition coefficient (Wildman–Crippen LogP) is 2.97. The molecule has 1 aromatic carbocycles. The number of hydrogen-bond donors (Lipinski definition) is 1. The highest BCUT2D eigenvalue weighted by atomic mass is 32.2. The molecule has 0 radical (unpaired) electrons. The van der Waals surface area contributed by atoms with Crippen molar-refractivity contribution in [3.8, 4) is 0 Å². The van der Waals surface area contributed by atoms with Crippen LogP contribution in [0.4, 0.5) is 17.1 Å². The van der Waals surface area contributed by atoms with Crippen LogP contribution in [0.5, 0.6) is 0 Å². The first kappa shape index (κ1) is 14.0. The first-order chi connectivity index (χ1) is 9.02. The molecule has 104 valence electrons. The largest absolute Gasteiger partial charge is 0.382 e. The molecule has 5 nitrogen and oxygen atoms in total. The van der Waals surface area contributed by atoms with Crippen LogP contribution in [0.15, 0.2) is 18.2 Å². The van der Waals surface area contributed by atoms with Crippen LogP contribution in [0.2, 0.25) is 0 Å². The second kappa shape index (κ2) is 5.69. The molecule has 0 bridgehead atoms. The maximum atomic E-state index is 11.3. The second-order valence-electron chi connectivity index (χ2n) is 4.84. The maximum absolute atomic E-state index is 11.3. The number of benzene rings is 1. The summed E-state index contributed by atoms with van der Waals surface area (Å²) in [6.45, 7) is 6.04. The average molecular weight is 281 g/mol. The van der Waals surface area contributed by atoms with Gasteiger partial charge in [0.25, 0.3) is 0 Å². The van der Waals surface area contributed by atoms with Crippen molar-refractivity contribution in [3.05, 3.63) is 28.3 Å². The second-order valence-corrected chi connectivity index (χ2v) is 6.72. The molecule has 1 heterocycles. The molecular weight excluding hydrogens is 262 g/mol. The van der Waals surface area contributed by atoms with Crippen molar-refractivity contribution in [2.75, 3.05) is 30.4 Å². The zero-order valence-electron chi connectivity index (χ0n) is 11.4. The summed E-state index contributed by atoms with van der Waals surface area (Å²) < 4.78 is 0. The number of nitro groups is 1. The quantitative estimate of drug-likeness (QED) is 0.682. The number of anilines is 2. The number of nitrogens with zero attached hydrogens (tertiary/aromatic N) is 2. The van der Waals surface area contributed by atoms with Crippen molar-refractivity contribution in [1.82, 2.24) is 0 Å². The maximum Gasteiger partial charge on any atom is 0.315 e. The Morgan fingerprint density at radius 1 is 1.37 bits per heavy atom. The van der Waals surface area contributed by atoms with E-state index in [0.29, 0.717) is 16.2 Å². The number of nitrogens with one attached hydrogen (secondary N) is 1. The van der Waals surface area contributed by atoms with Gasteiger partial charge in [-0.1, -0.05) is 19.9 Å². The summed E-state index contributed by atoms with van der Waals surface area (Å²) in [5, 5.41) is 15.2. The minimum atomic E-state index is -0.293. The first-order valence-corrected chi connectivity index (χ1v) is 7.32. The Labute approximate surface area is 117 Å². The molecule has 2 unspecified atom stereocenters. The Hall–Kier alpha value is -1.43. The van der Waals surface area contributed by atoms with E-state index in [0.717, 1.165) is 18.8 Å². The highest BCUT2D eigenvalue weighted by Crippen LogP contribution is 2.38. The smallest absolute Gasteiger partial charge is 0.315 e. The summed E-state index contributed by atoms with van der Waals surface area (Å²) in [4.78, 5) is 13.2. The average Bonchev–Trinajstić information content (AvgIpc) is 2.36. The number of thioether (sulfide) groups is 1. The van der Waals surface area contributed by atoms with Crippen LogP contribution >= 0.6 is 11.8 Å². The fourth-order valence-corrected chi connectivity index (χ4v) is 3.88. The molecule has 1 saturated heterocycles. The fraction of sp³-hybridized carbons (Fsp3) is 0.538. The number of para-hydroxylation sites is 1. The van der Waals surface area contributed by atoms with Gasteiger partial charge in [0.15, 0.2) is 0 Å². The monoisotopic (exact) mass is 281 g/mol. The molecule has 0 amide bonds. The summed E-state index contributed by atoms with van der Waals surface area (Å²) in [6.07, 6.45) is 0. The van der Waals surface area contributed by atoms with E-state index in [1.807, 2.05) is 23.9 Å². The van der Waals surface area contributed by atoms with Gasteiger partial charge in [0.05, 0.1) is 4.92 Å². The van der Waals surface area contributed by atoms with Gasteiger partial charge in [-0.25, -0.2) is 0 Å². The molecule has 2 rings (SSSR count). The van der Waals surface area contributed by atoms with Crippen molar-refractivity contribution in [3.63, 3.8) is 0 Å². The third-order valence-electron chi connectivity index (χ3n) is 3.23. The number of hydrogen-bond acceptors (Lipinski definition) is 5. The van der Waals surface area contributed by atoms with Gasteiger partial charge in [0, 0.05) is 30.6 Å². The van der Waals surface area contributed by atoms with Crippen molar-refractivity contribution in [2.24, 2.45) is 0 Å². The van der Waals surface area contributed by atoms with Crippen molar-refractivity contribution >= 4 is 28.8 Å². The van der Waals surface area contributed by atoms with Crippen LogP contribution in [0.25, 0.3) is 0 Å². The van der Waals surface area contributed by atoms with Gasteiger partial charge in [0.2, 0.25) is 0 Å². The molecule has 6 heteroatoms. The predicted molar refractivity (Wildman–Crippen MR) is 81.4 cm³/mol. The van der Waals surface area contributed by atoms with Crippen molar-refractivity contribution < 1.29 is 4.92 Å². The van der Waals surface area contributed by atoms with Crippen LogP contribution in [0, 0.1) is 10.1 Å². The van der Waals surface area contributed by atoms with Crippen LogP contribution < -0.4 is 10.2 Å². The van der Waals surface area contributed by atoms with Crippen molar-refractivity contribution in [2.45, 2.75) is 24.3 Å². The van der Waals surface area contributed by atoms with E-state index in [-0.39, 0.29) is 10.6 Å². The van der Waals surface area contributed by atoms with Gasteiger partial charge in [-0.15, -0.1) is 0 Å². The lowest BCUT2D eigenvalue weighted by molar-refractivity contribution is -0.383. The fourth-order valence-electron chi connectivity index (χ4n) is 2.55. The Morgan fingerprint density at radius 2 is 2.00 bits per heavy atom. The van der Waals surface area contributed by atoms with E-state index in [1.54, 1.807) is 13.1 Å². The van der Waals surface area contributed by atoms with Gasteiger partial charge in [-0.3, -0.25) is 10.1 Å². The zero-order chi connectivity index (χ0) is 14.0. The molecular formula is C13H19N3O2S. The lowest BCUT2D eigenvalue weighted by Gasteiger charge is -2.36. The standard InChI is InChI=1S/C13H19N3O2S/c1-9-7-15(8-10(2)19-9)12-6-4-5-11(14-3)13(12)16(17)18/h4-6,9-10,14H,7-8H2,1-3H3. The summed E-state index contributed by atoms with van der Waals surface area (Å²) in [7, 11) is 1.71. The van der Waals surface area contributed by atoms with E-state index in [2.05, 4.69) is 24.1 Å². The lowest BCUT2D eigenvalue weighted by atomic mass is 10.2. The molecule has 0 aliphatic carbocycles. The molecule has 0 spiro atoms. The van der Waals surface area contributed by atoms with Crippen LogP contribution in [0.3, 0.4) is 0 Å². The molecule has 1 aliphatic heterocycles. The number of rotatable bonds is 3. The lowest BCUT2D eigenvalue weighted by Crippen LogP contribution is -2.40. The molecule has 0 saturated carbocycles. The van der Waals surface area contributed by atoms with Gasteiger partial charge in [-0.05, 0) is 12.1 Å². The number of nitro benzene ring substituents is 1. The first-order valence-electron chi connectivity index (χ1n) is 6.38. The molecule has 1 aliphatic rings. The van der Waals surface area contributed by atoms with E-state index in [4.69, 9.17) is 0 Å². The van der Waals surface area contributed by atoms with Gasteiger partial charge in [-0.2, -0.15) is 11.8 Å². The van der Waals surface area contributed by atoms with Gasteiger partial charge in [0.1, 0.15) is 11.4 Å². The third-order valence-corrected chi connectivity index (χ3v) is 4.45. The van der Waals surface area contributed by atoms with E-state index in [1.165, 1.54) is 0 Å². The molecule has 1 aromatic rings. The van der Waals surface area contributed by atoms with Gasteiger partial charge >= 0.3 is 5.69 Å². The minimum Gasteiger partial charge on any atom is -0.382 e. The highest BCUT2D eigenvalue weighted by Gasteiger charge is 2.28. The third kappa shape index (κ3) is 2.94. The van der Waals surface area contributed by atoms with E-state index in [9.17, 15) is 10.1 Å².